The quantitative estimate of drug-likeness (QED) is 0.760. The van der Waals surface area contributed by atoms with E-state index in [1.807, 2.05) is 0 Å². The Morgan fingerprint density at radius 3 is 2.68 bits per heavy atom. The summed E-state index contributed by atoms with van der Waals surface area (Å²) in [5, 5.41) is 0.579. The monoisotopic (exact) mass is 383 g/mol. The molecule has 2 aromatic rings. The van der Waals surface area contributed by atoms with Gasteiger partial charge in [-0.15, -0.1) is 0 Å². The topological polar surface area (TPSA) is 81.6 Å². The minimum Gasteiger partial charge on any atom is -0.480 e. The number of hydrogen-bond acceptors (Lipinski definition) is 6. The fourth-order valence-corrected chi connectivity index (χ4v) is 4.29. The molecule has 25 heavy (non-hydrogen) atoms. The maximum atomic E-state index is 12.6. The first-order chi connectivity index (χ1) is 12.0. The number of sulfonamides is 1. The highest BCUT2D eigenvalue weighted by atomic mass is 35.5. The second kappa shape index (κ2) is 7.55. The Morgan fingerprint density at radius 1 is 1.24 bits per heavy atom. The number of rotatable bonds is 6. The van der Waals surface area contributed by atoms with Crippen LogP contribution in [0.25, 0.3) is 0 Å². The summed E-state index contributed by atoms with van der Waals surface area (Å²) in [4.78, 5) is 8.10. The van der Waals surface area contributed by atoms with Gasteiger partial charge in [0, 0.05) is 11.6 Å². The van der Waals surface area contributed by atoms with Crippen LogP contribution in [0.5, 0.6) is 11.8 Å². The van der Waals surface area contributed by atoms with Crippen molar-refractivity contribution in [3.05, 3.63) is 47.2 Å². The number of nitrogens with zero attached hydrogens (tertiary/aromatic N) is 3. The molecule has 1 unspecified atom stereocenters. The molecule has 1 aromatic carbocycles. The van der Waals surface area contributed by atoms with Gasteiger partial charge in [-0.25, -0.2) is 8.42 Å². The Hall–Kier alpha value is -1.90. The Kier molecular flexibility index (Phi) is 5.41. The molecule has 134 valence electrons. The lowest BCUT2D eigenvalue weighted by Gasteiger charge is -2.17. The van der Waals surface area contributed by atoms with Gasteiger partial charge in [0.05, 0.1) is 31.8 Å². The molecular weight excluding hydrogens is 366 g/mol. The van der Waals surface area contributed by atoms with Crippen LogP contribution in [0.4, 0.5) is 0 Å². The predicted molar refractivity (Wildman–Crippen MR) is 93.3 cm³/mol. The highest BCUT2D eigenvalue weighted by Crippen LogP contribution is 2.22. The van der Waals surface area contributed by atoms with E-state index in [1.54, 1.807) is 24.3 Å². The third-order valence-corrected chi connectivity index (χ3v) is 5.92. The third-order valence-electron chi connectivity index (χ3n) is 3.85. The SMILES string of the molecule is COc1cncc(OC2CCN(S(=O)(=O)Cc3ccc(Cl)cc3)C2)n1. The number of ether oxygens (including phenoxy) is 2. The molecule has 1 saturated heterocycles. The summed E-state index contributed by atoms with van der Waals surface area (Å²) < 4.78 is 37.3. The van der Waals surface area contributed by atoms with Crippen LogP contribution < -0.4 is 9.47 Å². The summed E-state index contributed by atoms with van der Waals surface area (Å²) in [6, 6.07) is 6.80. The van der Waals surface area contributed by atoms with Crippen LogP contribution in [0.1, 0.15) is 12.0 Å². The average Bonchev–Trinajstić information content (AvgIpc) is 3.06. The van der Waals surface area contributed by atoms with Crippen LogP contribution in [-0.4, -0.2) is 49.0 Å². The Balaban J connectivity index is 1.62. The van der Waals surface area contributed by atoms with Gasteiger partial charge in [-0.3, -0.25) is 4.98 Å². The lowest BCUT2D eigenvalue weighted by atomic mass is 10.2. The molecule has 7 nitrogen and oxygen atoms in total. The van der Waals surface area contributed by atoms with Crippen molar-refractivity contribution in [3.63, 3.8) is 0 Å². The van der Waals surface area contributed by atoms with E-state index in [4.69, 9.17) is 21.1 Å². The van der Waals surface area contributed by atoms with Crippen LogP contribution >= 0.6 is 11.6 Å². The molecule has 2 heterocycles. The molecule has 9 heteroatoms. The summed E-state index contributed by atoms with van der Waals surface area (Å²) in [7, 11) is -1.92. The minimum absolute atomic E-state index is 0.0597. The van der Waals surface area contributed by atoms with Crippen molar-refractivity contribution in [3.8, 4) is 11.8 Å². The molecule has 1 aliphatic rings. The Labute approximate surface area is 151 Å². The van der Waals surface area contributed by atoms with Gasteiger partial charge >= 0.3 is 0 Å². The molecule has 0 saturated carbocycles. The van der Waals surface area contributed by atoms with Crippen molar-refractivity contribution in [1.82, 2.24) is 14.3 Å². The maximum Gasteiger partial charge on any atom is 0.235 e. The summed E-state index contributed by atoms with van der Waals surface area (Å²) in [6.45, 7) is 0.701. The standard InChI is InChI=1S/C16H18ClN3O4S/c1-23-15-8-18-9-16(19-15)24-14-6-7-20(10-14)25(21,22)11-12-2-4-13(17)5-3-12/h2-5,8-9,14H,6-7,10-11H2,1H3. The predicted octanol–water partition coefficient (Wildman–Crippen LogP) is 2.12. The van der Waals surface area contributed by atoms with Crippen molar-refractivity contribution in [2.75, 3.05) is 20.2 Å². The van der Waals surface area contributed by atoms with Crippen molar-refractivity contribution in [2.24, 2.45) is 0 Å². The van der Waals surface area contributed by atoms with E-state index in [-0.39, 0.29) is 18.4 Å². The average molecular weight is 384 g/mol. The van der Waals surface area contributed by atoms with Gasteiger partial charge in [0.15, 0.2) is 0 Å². The normalized spacial score (nSPS) is 18.2. The summed E-state index contributed by atoms with van der Waals surface area (Å²) in [6.07, 6.45) is 3.29. The minimum atomic E-state index is -3.41. The zero-order chi connectivity index (χ0) is 17.9. The molecule has 0 spiro atoms. The molecule has 1 aromatic heterocycles. The van der Waals surface area contributed by atoms with Gasteiger partial charge in [0.25, 0.3) is 0 Å². The first kappa shape index (κ1) is 17.9. The van der Waals surface area contributed by atoms with Gasteiger partial charge in [-0.05, 0) is 24.1 Å². The van der Waals surface area contributed by atoms with Gasteiger partial charge in [-0.1, -0.05) is 23.7 Å². The summed E-state index contributed by atoms with van der Waals surface area (Å²) in [5.74, 6) is 0.611. The Bertz CT molecular complexity index is 830. The van der Waals surface area contributed by atoms with Gasteiger partial charge < -0.3 is 9.47 Å². The first-order valence-corrected chi connectivity index (χ1v) is 9.70. The maximum absolute atomic E-state index is 12.6. The van der Waals surface area contributed by atoms with Crippen molar-refractivity contribution in [1.29, 1.82) is 0 Å². The van der Waals surface area contributed by atoms with E-state index < -0.39 is 10.0 Å². The number of hydrogen-bond donors (Lipinski definition) is 0. The zero-order valence-electron chi connectivity index (χ0n) is 13.6. The lowest BCUT2D eigenvalue weighted by Crippen LogP contribution is -2.32. The van der Waals surface area contributed by atoms with Gasteiger partial charge in [0.2, 0.25) is 21.8 Å². The molecule has 0 aliphatic carbocycles. The van der Waals surface area contributed by atoms with E-state index in [0.29, 0.717) is 35.3 Å². The smallest absolute Gasteiger partial charge is 0.235 e. The molecule has 0 N–H and O–H groups in total. The van der Waals surface area contributed by atoms with Crippen molar-refractivity contribution >= 4 is 21.6 Å². The van der Waals surface area contributed by atoms with Crippen LogP contribution in [0.3, 0.4) is 0 Å². The second-order valence-electron chi connectivity index (χ2n) is 5.67. The molecule has 0 bridgehead atoms. The molecule has 1 fully saturated rings. The number of aromatic nitrogens is 2. The highest BCUT2D eigenvalue weighted by molar-refractivity contribution is 7.88. The zero-order valence-corrected chi connectivity index (χ0v) is 15.2. The van der Waals surface area contributed by atoms with Gasteiger partial charge in [-0.2, -0.15) is 9.29 Å². The van der Waals surface area contributed by atoms with Crippen molar-refractivity contribution in [2.45, 2.75) is 18.3 Å². The molecule has 3 rings (SSSR count). The molecule has 0 amide bonds. The Morgan fingerprint density at radius 2 is 1.96 bits per heavy atom. The molecule has 0 radical (unpaired) electrons. The van der Waals surface area contributed by atoms with Crippen LogP contribution in [0.2, 0.25) is 5.02 Å². The third kappa shape index (κ3) is 4.59. The molecule has 1 aliphatic heterocycles. The lowest BCUT2D eigenvalue weighted by molar-refractivity contribution is 0.203. The van der Waals surface area contributed by atoms with E-state index in [9.17, 15) is 8.42 Å². The van der Waals surface area contributed by atoms with Gasteiger partial charge in [0.1, 0.15) is 6.10 Å². The van der Waals surface area contributed by atoms with Crippen LogP contribution in [0, 0.1) is 0 Å². The first-order valence-electron chi connectivity index (χ1n) is 7.71. The van der Waals surface area contributed by atoms with Crippen molar-refractivity contribution < 1.29 is 17.9 Å². The molecular formula is C16H18ClN3O4S. The molecule has 1 atom stereocenters. The summed E-state index contributed by atoms with van der Waals surface area (Å²) in [5.41, 5.74) is 0.701. The second-order valence-corrected chi connectivity index (χ2v) is 8.07. The number of benzene rings is 1. The number of methoxy groups -OCH3 is 1. The highest BCUT2D eigenvalue weighted by Gasteiger charge is 2.32. The van der Waals surface area contributed by atoms with E-state index in [1.165, 1.54) is 23.8 Å². The fraction of sp³-hybridized carbons (Fsp3) is 0.375. The summed E-state index contributed by atoms with van der Waals surface area (Å²) >= 11 is 5.83. The van der Waals surface area contributed by atoms with Crippen LogP contribution in [-0.2, 0) is 15.8 Å². The van der Waals surface area contributed by atoms with E-state index in [2.05, 4.69) is 9.97 Å². The van der Waals surface area contributed by atoms with E-state index in [0.717, 1.165) is 0 Å². The van der Waals surface area contributed by atoms with Crippen LogP contribution in [0.15, 0.2) is 36.7 Å². The number of halogens is 1. The fourth-order valence-electron chi connectivity index (χ4n) is 2.59. The van der Waals surface area contributed by atoms with E-state index >= 15 is 0 Å². The largest absolute Gasteiger partial charge is 0.480 e.